The summed E-state index contributed by atoms with van der Waals surface area (Å²) in [4.78, 5) is 3.65. The molecule has 0 saturated carbocycles. The molecule has 1 atom stereocenters. The number of hydrogen-bond donors (Lipinski definition) is 2. The molecule has 0 amide bonds. The van der Waals surface area contributed by atoms with Gasteiger partial charge < -0.3 is 5.11 Å². The Balaban J connectivity index is 2.16. The summed E-state index contributed by atoms with van der Waals surface area (Å²) in [6.45, 7) is -0.313. The number of nitrogens with one attached hydrogen (secondary N) is 1. The monoisotopic (exact) mass is 326 g/mol. The summed E-state index contributed by atoms with van der Waals surface area (Å²) in [5.41, 5.74) is 0.927. The summed E-state index contributed by atoms with van der Waals surface area (Å²) >= 11 is 5.80. The van der Waals surface area contributed by atoms with Crippen molar-refractivity contribution in [3.05, 3.63) is 59.4 Å². The Morgan fingerprint density at radius 1 is 1.19 bits per heavy atom. The summed E-state index contributed by atoms with van der Waals surface area (Å²) in [5, 5.41) is 9.30. The summed E-state index contributed by atoms with van der Waals surface area (Å²) in [6, 6.07) is 11.6. The summed E-state index contributed by atoms with van der Waals surface area (Å²) in [5.74, 6) is 0. The third-order valence-corrected chi connectivity index (χ3v) is 4.85. The van der Waals surface area contributed by atoms with Crippen LogP contribution in [0, 0.1) is 0 Å². The van der Waals surface area contributed by atoms with E-state index in [0.717, 1.165) is 5.56 Å². The molecule has 112 valence electrons. The van der Waals surface area contributed by atoms with E-state index in [1.54, 1.807) is 0 Å². The average molecular weight is 327 g/mol. The van der Waals surface area contributed by atoms with E-state index >= 15 is 0 Å². The second kappa shape index (κ2) is 7.00. The number of rotatable bonds is 6. The van der Waals surface area contributed by atoms with Crippen molar-refractivity contribution in [3.8, 4) is 0 Å². The van der Waals surface area contributed by atoms with Gasteiger partial charge in [-0.15, -0.1) is 0 Å². The van der Waals surface area contributed by atoms with E-state index in [2.05, 4.69) is 9.71 Å². The highest BCUT2D eigenvalue weighted by Crippen LogP contribution is 2.18. The van der Waals surface area contributed by atoms with Crippen LogP contribution in [0.25, 0.3) is 0 Å². The number of aromatic nitrogens is 1. The summed E-state index contributed by atoms with van der Waals surface area (Å²) < 4.78 is 27.0. The minimum absolute atomic E-state index is 0.0959. The maximum atomic E-state index is 12.3. The number of nitrogens with zero attached hydrogens (tertiary/aromatic N) is 1. The van der Waals surface area contributed by atoms with Gasteiger partial charge in [0.15, 0.2) is 0 Å². The van der Waals surface area contributed by atoms with E-state index in [0.29, 0.717) is 6.42 Å². The lowest BCUT2D eigenvalue weighted by Gasteiger charge is -2.16. The lowest BCUT2D eigenvalue weighted by Crippen LogP contribution is -2.39. The smallest absolute Gasteiger partial charge is 0.243 e. The minimum atomic E-state index is -3.83. The van der Waals surface area contributed by atoms with Crippen molar-refractivity contribution in [2.24, 2.45) is 0 Å². The predicted octanol–water partition coefficient (Wildman–Crippen LogP) is 1.62. The first kappa shape index (κ1) is 15.9. The fourth-order valence-corrected chi connectivity index (χ4v) is 3.58. The van der Waals surface area contributed by atoms with E-state index in [4.69, 9.17) is 11.6 Å². The molecule has 2 aromatic rings. The normalized spacial score (nSPS) is 13.0. The van der Waals surface area contributed by atoms with Crippen LogP contribution in [-0.2, 0) is 16.4 Å². The summed E-state index contributed by atoms with van der Waals surface area (Å²) in [6.07, 6.45) is 1.79. The Morgan fingerprint density at radius 3 is 2.52 bits per heavy atom. The van der Waals surface area contributed by atoms with Gasteiger partial charge >= 0.3 is 0 Å². The van der Waals surface area contributed by atoms with Crippen LogP contribution in [0.1, 0.15) is 5.56 Å². The number of pyridine rings is 1. The number of halogens is 1. The van der Waals surface area contributed by atoms with Gasteiger partial charge in [0.25, 0.3) is 0 Å². The largest absolute Gasteiger partial charge is 0.395 e. The van der Waals surface area contributed by atoms with Crippen molar-refractivity contribution in [1.82, 2.24) is 9.71 Å². The first-order chi connectivity index (χ1) is 10.0. The van der Waals surface area contributed by atoms with Crippen molar-refractivity contribution in [2.45, 2.75) is 17.4 Å². The molecule has 0 radical (unpaired) electrons. The zero-order valence-electron chi connectivity index (χ0n) is 11.1. The second-order valence-electron chi connectivity index (χ2n) is 4.48. The molecule has 0 spiro atoms. The van der Waals surface area contributed by atoms with Crippen molar-refractivity contribution < 1.29 is 13.5 Å². The Bertz CT molecular complexity index is 692. The molecule has 0 bridgehead atoms. The molecule has 0 aliphatic rings. The van der Waals surface area contributed by atoms with E-state index in [-0.39, 0.29) is 16.7 Å². The highest BCUT2D eigenvalue weighted by molar-refractivity contribution is 7.89. The standard InChI is InChI=1S/C14H15ClN2O3S/c15-14-13(7-4-8-16-14)21(19,20)17-12(10-18)9-11-5-2-1-3-6-11/h1-8,12,17-18H,9-10H2/t12-/m0/s1. The third-order valence-electron chi connectivity index (χ3n) is 2.88. The lowest BCUT2D eigenvalue weighted by atomic mass is 10.1. The van der Waals surface area contributed by atoms with Crippen molar-refractivity contribution in [3.63, 3.8) is 0 Å². The van der Waals surface area contributed by atoms with Crippen LogP contribution in [0.2, 0.25) is 5.15 Å². The van der Waals surface area contributed by atoms with Gasteiger partial charge in [0.05, 0.1) is 6.61 Å². The number of sulfonamides is 1. The van der Waals surface area contributed by atoms with Gasteiger partial charge in [-0.05, 0) is 24.1 Å². The van der Waals surface area contributed by atoms with Crippen LogP contribution < -0.4 is 4.72 Å². The molecule has 1 aromatic carbocycles. The molecule has 7 heteroatoms. The highest BCUT2D eigenvalue weighted by atomic mass is 35.5. The van der Waals surface area contributed by atoms with E-state index < -0.39 is 16.1 Å². The molecule has 2 rings (SSSR count). The van der Waals surface area contributed by atoms with Crippen LogP contribution in [0.5, 0.6) is 0 Å². The number of aliphatic hydroxyl groups is 1. The molecular weight excluding hydrogens is 312 g/mol. The number of hydrogen-bond acceptors (Lipinski definition) is 4. The fraction of sp³-hybridized carbons (Fsp3) is 0.214. The Hall–Kier alpha value is -1.47. The Morgan fingerprint density at radius 2 is 1.90 bits per heavy atom. The van der Waals surface area contributed by atoms with Gasteiger partial charge in [0, 0.05) is 12.2 Å². The first-order valence-electron chi connectivity index (χ1n) is 6.30. The van der Waals surface area contributed by atoms with Gasteiger partial charge in [-0.3, -0.25) is 0 Å². The van der Waals surface area contributed by atoms with Crippen LogP contribution >= 0.6 is 11.6 Å². The van der Waals surface area contributed by atoms with Crippen LogP contribution in [0.4, 0.5) is 0 Å². The SMILES string of the molecule is O=S(=O)(N[C@H](CO)Cc1ccccc1)c1cccnc1Cl. The van der Waals surface area contributed by atoms with E-state index in [1.807, 2.05) is 30.3 Å². The molecule has 0 aliphatic heterocycles. The van der Waals surface area contributed by atoms with Gasteiger partial charge in [-0.25, -0.2) is 18.1 Å². The van der Waals surface area contributed by atoms with E-state index in [9.17, 15) is 13.5 Å². The molecule has 1 aromatic heterocycles. The van der Waals surface area contributed by atoms with Crippen molar-refractivity contribution in [1.29, 1.82) is 0 Å². The molecule has 2 N–H and O–H groups in total. The van der Waals surface area contributed by atoms with Crippen LogP contribution in [-0.4, -0.2) is 31.2 Å². The minimum Gasteiger partial charge on any atom is -0.395 e. The van der Waals surface area contributed by atoms with Crippen LogP contribution in [0.15, 0.2) is 53.6 Å². The predicted molar refractivity (Wildman–Crippen MR) is 80.6 cm³/mol. The number of aliphatic hydroxyl groups excluding tert-OH is 1. The zero-order valence-corrected chi connectivity index (χ0v) is 12.7. The third kappa shape index (κ3) is 4.25. The lowest BCUT2D eigenvalue weighted by molar-refractivity contribution is 0.256. The molecule has 1 heterocycles. The maximum absolute atomic E-state index is 12.3. The van der Waals surface area contributed by atoms with Gasteiger partial charge in [0.2, 0.25) is 10.0 Å². The second-order valence-corrected chi connectivity index (χ2v) is 6.52. The molecule has 5 nitrogen and oxygen atoms in total. The fourth-order valence-electron chi connectivity index (χ4n) is 1.90. The van der Waals surface area contributed by atoms with Crippen LogP contribution in [0.3, 0.4) is 0 Å². The van der Waals surface area contributed by atoms with Gasteiger partial charge in [-0.2, -0.15) is 0 Å². The van der Waals surface area contributed by atoms with Crippen molar-refractivity contribution >= 4 is 21.6 Å². The van der Waals surface area contributed by atoms with Gasteiger partial charge in [-0.1, -0.05) is 41.9 Å². The quantitative estimate of drug-likeness (QED) is 0.791. The molecule has 0 fully saturated rings. The number of benzene rings is 1. The molecule has 21 heavy (non-hydrogen) atoms. The van der Waals surface area contributed by atoms with Gasteiger partial charge in [0.1, 0.15) is 10.0 Å². The zero-order chi connectivity index (χ0) is 15.3. The Labute approximate surface area is 128 Å². The van der Waals surface area contributed by atoms with E-state index in [1.165, 1.54) is 18.3 Å². The molecule has 0 saturated heterocycles. The topological polar surface area (TPSA) is 79.3 Å². The Kier molecular flexibility index (Phi) is 5.30. The highest BCUT2D eigenvalue weighted by Gasteiger charge is 2.22. The molecular formula is C14H15ClN2O3S. The average Bonchev–Trinajstić information content (AvgIpc) is 2.47. The first-order valence-corrected chi connectivity index (χ1v) is 8.16. The maximum Gasteiger partial charge on any atom is 0.243 e. The summed E-state index contributed by atoms with van der Waals surface area (Å²) in [7, 11) is -3.83. The molecule has 0 aliphatic carbocycles. The molecule has 0 unspecified atom stereocenters. The van der Waals surface area contributed by atoms with Crippen molar-refractivity contribution in [2.75, 3.05) is 6.61 Å².